The minimum atomic E-state index is 0.844. The Morgan fingerprint density at radius 3 is 3.00 bits per heavy atom. The molecular formula is C8H8N4. The molecule has 12 heavy (non-hydrogen) atoms. The zero-order valence-corrected chi connectivity index (χ0v) is 6.36. The summed E-state index contributed by atoms with van der Waals surface area (Å²) in [5.41, 5.74) is 1.03. The average Bonchev–Trinajstić information content (AvgIpc) is 2.74. The summed E-state index contributed by atoms with van der Waals surface area (Å²) < 4.78 is 0. The molecule has 2 aromatic rings. The van der Waals surface area contributed by atoms with E-state index in [0.29, 0.717) is 0 Å². The highest BCUT2D eigenvalue weighted by Gasteiger charge is 1.87. The second kappa shape index (κ2) is 3.04. The third kappa shape index (κ3) is 1.42. The number of aromatic nitrogens is 4. The van der Waals surface area contributed by atoms with Crippen molar-refractivity contribution in [1.82, 2.24) is 20.2 Å². The fourth-order valence-corrected chi connectivity index (χ4v) is 0.896. The number of imidazole rings is 1. The molecule has 0 aromatic carbocycles. The van der Waals surface area contributed by atoms with Gasteiger partial charge in [0, 0.05) is 24.2 Å². The van der Waals surface area contributed by atoms with Crippen LogP contribution in [-0.4, -0.2) is 20.2 Å². The van der Waals surface area contributed by atoms with Crippen molar-refractivity contribution in [2.24, 2.45) is 0 Å². The molecule has 0 aliphatic rings. The molecule has 0 spiro atoms. The average molecular weight is 160 g/mol. The van der Waals surface area contributed by atoms with Gasteiger partial charge in [-0.3, -0.25) is 5.10 Å². The van der Waals surface area contributed by atoms with Crippen molar-refractivity contribution in [1.29, 1.82) is 0 Å². The van der Waals surface area contributed by atoms with Crippen LogP contribution in [0.15, 0.2) is 24.8 Å². The van der Waals surface area contributed by atoms with Gasteiger partial charge in [-0.2, -0.15) is 5.10 Å². The van der Waals surface area contributed by atoms with Crippen molar-refractivity contribution in [3.05, 3.63) is 36.2 Å². The summed E-state index contributed by atoms with van der Waals surface area (Å²) in [5, 5.41) is 6.54. The number of H-pyrrole nitrogens is 2. The van der Waals surface area contributed by atoms with E-state index in [2.05, 4.69) is 20.2 Å². The highest BCUT2D eigenvalue weighted by atomic mass is 15.1. The molecule has 4 nitrogen and oxygen atoms in total. The molecule has 2 aromatic heterocycles. The van der Waals surface area contributed by atoms with E-state index in [4.69, 9.17) is 0 Å². The van der Waals surface area contributed by atoms with E-state index in [-0.39, 0.29) is 0 Å². The van der Waals surface area contributed by atoms with E-state index in [1.54, 1.807) is 18.6 Å². The Bertz CT molecular complexity index is 308. The van der Waals surface area contributed by atoms with Crippen LogP contribution in [0.25, 0.3) is 12.2 Å². The van der Waals surface area contributed by atoms with Gasteiger partial charge in [0.2, 0.25) is 0 Å². The van der Waals surface area contributed by atoms with Crippen LogP contribution >= 0.6 is 0 Å². The number of rotatable bonds is 2. The number of aromatic amines is 2. The van der Waals surface area contributed by atoms with Gasteiger partial charge in [0.25, 0.3) is 0 Å². The highest BCUT2D eigenvalue weighted by Crippen LogP contribution is 2.00. The molecule has 0 aliphatic carbocycles. The monoisotopic (exact) mass is 160 g/mol. The maximum absolute atomic E-state index is 4.04. The number of hydrogen-bond acceptors (Lipinski definition) is 2. The van der Waals surface area contributed by atoms with Gasteiger partial charge < -0.3 is 4.98 Å². The summed E-state index contributed by atoms with van der Waals surface area (Å²) in [6.07, 6.45) is 10.9. The molecule has 0 aliphatic heterocycles. The van der Waals surface area contributed by atoms with Crippen molar-refractivity contribution in [3.63, 3.8) is 0 Å². The molecule has 0 fully saturated rings. The number of nitrogens with zero attached hydrogens (tertiary/aromatic N) is 2. The van der Waals surface area contributed by atoms with Crippen LogP contribution in [0.3, 0.4) is 0 Å². The van der Waals surface area contributed by atoms with Crippen molar-refractivity contribution in [2.45, 2.75) is 0 Å². The standard InChI is InChI=1S/C8H8N4/c1(7-5-11-12-6-7)2-8-9-3-4-10-8/h1-6H,(H,9,10)(H,11,12). The topological polar surface area (TPSA) is 57.4 Å². The van der Waals surface area contributed by atoms with Crippen LogP contribution in [0.5, 0.6) is 0 Å². The lowest BCUT2D eigenvalue weighted by atomic mass is 10.3. The summed E-state index contributed by atoms with van der Waals surface area (Å²) in [4.78, 5) is 7.01. The molecule has 0 unspecified atom stereocenters. The van der Waals surface area contributed by atoms with Crippen molar-refractivity contribution in [2.75, 3.05) is 0 Å². The van der Waals surface area contributed by atoms with Gasteiger partial charge in [0.05, 0.1) is 6.20 Å². The molecule has 2 N–H and O–H groups in total. The van der Waals surface area contributed by atoms with Gasteiger partial charge in [0.1, 0.15) is 5.82 Å². The van der Waals surface area contributed by atoms with Crippen molar-refractivity contribution >= 4 is 12.2 Å². The van der Waals surface area contributed by atoms with Crippen LogP contribution in [0.4, 0.5) is 0 Å². The maximum atomic E-state index is 4.04. The van der Waals surface area contributed by atoms with Gasteiger partial charge in [0.15, 0.2) is 0 Å². The SMILES string of the molecule is C(=Cc1ncc[nH]1)c1cn[nH]c1. The normalized spacial score (nSPS) is 11.0. The summed E-state index contributed by atoms with van der Waals surface area (Å²) in [6, 6.07) is 0. The second-order valence-corrected chi connectivity index (χ2v) is 2.34. The predicted molar refractivity (Wildman–Crippen MR) is 46.1 cm³/mol. The molecule has 4 heteroatoms. The van der Waals surface area contributed by atoms with E-state index >= 15 is 0 Å². The zero-order valence-electron chi connectivity index (χ0n) is 6.36. The minimum absolute atomic E-state index is 0.844. The molecule has 0 radical (unpaired) electrons. The quantitative estimate of drug-likeness (QED) is 0.695. The Morgan fingerprint density at radius 2 is 2.33 bits per heavy atom. The first kappa shape index (κ1) is 6.84. The molecule has 2 heterocycles. The van der Waals surface area contributed by atoms with Gasteiger partial charge in [-0.15, -0.1) is 0 Å². The van der Waals surface area contributed by atoms with Gasteiger partial charge in [-0.05, 0) is 12.2 Å². The summed E-state index contributed by atoms with van der Waals surface area (Å²) in [7, 11) is 0. The summed E-state index contributed by atoms with van der Waals surface area (Å²) in [6.45, 7) is 0. The Kier molecular flexibility index (Phi) is 1.74. The minimum Gasteiger partial charge on any atom is -0.345 e. The molecule has 2 rings (SSSR count). The van der Waals surface area contributed by atoms with Crippen molar-refractivity contribution < 1.29 is 0 Å². The molecule has 0 bridgehead atoms. The summed E-state index contributed by atoms with van der Waals surface area (Å²) in [5.74, 6) is 0.844. The Labute approximate surface area is 69.4 Å². The Morgan fingerprint density at radius 1 is 1.33 bits per heavy atom. The lowest BCUT2D eigenvalue weighted by Gasteiger charge is -1.81. The molecule has 0 saturated heterocycles. The van der Waals surface area contributed by atoms with Gasteiger partial charge in [-0.25, -0.2) is 4.98 Å². The van der Waals surface area contributed by atoms with E-state index in [9.17, 15) is 0 Å². The third-order valence-corrected chi connectivity index (χ3v) is 1.47. The fourth-order valence-electron chi connectivity index (χ4n) is 0.896. The lowest BCUT2D eigenvalue weighted by Crippen LogP contribution is -1.71. The Hall–Kier alpha value is -1.84. The van der Waals surface area contributed by atoms with E-state index in [1.807, 2.05) is 18.3 Å². The first-order valence-electron chi connectivity index (χ1n) is 3.61. The van der Waals surface area contributed by atoms with E-state index in [1.165, 1.54) is 0 Å². The molecule has 0 atom stereocenters. The predicted octanol–water partition coefficient (Wildman–Crippen LogP) is 1.30. The van der Waals surface area contributed by atoms with Gasteiger partial charge >= 0.3 is 0 Å². The van der Waals surface area contributed by atoms with Crippen molar-refractivity contribution in [3.8, 4) is 0 Å². The zero-order chi connectivity index (χ0) is 8.23. The first-order chi connectivity index (χ1) is 5.95. The van der Waals surface area contributed by atoms with Crippen LogP contribution in [0.2, 0.25) is 0 Å². The van der Waals surface area contributed by atoms with Crippen LogP contribution in [0.1, 0.15) is 11.4 Å². The molecular weight excluding hydrogens is 152 g/mol. The Balaban J connectivity index is 2.14. The van der Waals surface area contributed by atoms with Crippen LogP contribution in [0, 0.1) is 0 Å². The first-order valence-corrected chi connectivity index (χ1v) is 3.61. The maximum Gasteiger partial charge on any atom is 0.129 e. The molecule has 0 amide bonds. The highest BCUT2D eigenvalue weighted by molar-refractivity contribution is 5.65. The lowest BCUT2D eigenvalue weighted by molar-refractivity contribution is 1.09. The third-order valence-electron chi connectivity index (χ3n) is 1.47. The van der Waals surface area contributed by atoms with E-state index < -0.39 is 0 Å². The molecule has 0 saturated carbocycles. The van der Waals surface area contributed by atoms with E-state index in [0.717, 1.165) is 11.4 Å². The van der Waals surface area contributed by atoms with Gasteiger partial charge in [-0.1, -0.05) is 0 Å². The summed E-state index contributed by atoms with van der Waals surface area (Å²) >= 11 is 0. The van der Waals surface area contributed by atoms with Crippen LogP contribution < -0.4 is 0 Å². The second-order valence-electron chi connectivity index (χ2n) is 2.34. The molecule has 60 valence electrons. The smallest absolute Gasteiger partial charge is 0.129 e. The number of hydrogen-bond donors (Lipinski definition) is 2. The largest absolute Gasteiger partial charge is 0.345 e. The number of nitrogens with one attached hydrogen (secondary N) is 2. The van der Waals surface area contributed by atoms with Crippen LogP contribution in [-0.2, 0) is 0 Å². The fraction of sp³-hybridized carbons (Fsp3) is 0.